The van der Waals surface area contributed by atoms with Crippen LogP contribution in [0, 0.1) is 0 Å². The number of aliphatic hydroxyl groups excluding tert-OH is 3. The smallest absolute Gasteiger partial charge is 0.222 e. The summed E-state index contributed by atoms with van der Waals surface area (Å²) in [6, 6.07) is -0.770. The molecule has 5 heteroatoms. The van der Waals surface area contributed by atoms with Gasteiger partial charge >= 0.3 is 0 Å². The van der Waals surface area contributed by atoms with Crippen LogP contribution in [0.4, 0.5) is 0 Å². The predicted molar refractivity (Wildman–Crippen MR) is 227 cm³/mol. The van der Waals surface area contributed by atoms with Gasteiger partial charge in [-0.15, -0.1) is 0 Å². The molecule has 0 heterocycles. The molecule has 0 aromatic rings. The van der Waals surface area contributed by atoms with Gasteiger partial charge in [0.25, 0.3) is 0 Å². The van der Waals surface area contributed by atoms with E-state index in [-0.39, 0.29) is 18.9 Å². The van der Waals surface area contributed by atoms with E-state index in [4.69, 9.17) is 0 Å². The summed E-state index contributed by atoms with van der Waals surface area (Å²) in [5.74, 6) is -0.336. The van der Waals surface area contributed by atoms with Gasteiger partial charge in [-0.3, -0.25) is 4.79 Å². The Morgan fingerprint density at radius 3 is 1.40 bits per heavy atom. The molecule has 3 atom stereocenters. The van der Waals surface area contributed by atoms with Gasteiger partial charge in [-0.2, -0.15) is 0 Å². The molecule has 0 saturated heterocycles. The first-order valence-electron chi connectivity index (χ1n) is 22.1. The maximum absolute atomic E-state index is 12.4. The summed E-state index contributed by atoms with van der Waals surface area (Å²) < 4.78 is 0. The summed E-state index contributed by atoms with van der Waals surface area (Å²) in [7, 11) is 0. The molecule has 5 nitrogen and oxygen atoms in total. The fraction of sp³-hybridized carbons (Fsp3) is 0.766. The highest BCUT2D eigenvalue weighted by atomic mass is 16.3. The van der Waals surface area contributed by atoms with E-state index in [1.165, 1.54) is 135 Å². The van der Waals surface area contributed by atoms with Crippen molar-refractivity contribution in [1.82, 2.24) is 5.32 Å². The average Bonchev–Trinajstić information content (AvgIpc) is 3.14. The first-order chi connectivity index (χ1) is 25.5. The van der Waals surface area contributed by atoms with E-state index in [0.717, 1.165) is 44.9 Å². The fourth-order valence-corrected chi connectivity index (χ4v) is 6.33. The molecule has 0 aliphatic heterocycles. The number of hydrogen-bond acceptors (Lipinski definition) is 4. The van der Waals surface area contributed by atoms with E-state index in [9.17, 15) is 20.1 Å². The third kappa shape index (κ3) is 37.8. The number of aliphatic hydroxyl groups is 3. The molecule has 4 N–H and O–H groups in total. The fourth-order valence-electron chi connectivity index (χ4n) is 6.33. The molecule has 0 bridgehead atoms. The van der Waals surface area contributed by atoms with Crippen LogP contribution in [0.25, 0.3) is 0 Å². The third-order valence-electron chi connectivity index (χ3n) is 9.76. The third-order valence-corrected chi connectivity index (χ3v) is 9.76. The second-order valence-electron chi connectivity index (χ2n) is 14.9. The zero-order chi connectivity index (χ0) is 38.0. The van der Waals surface area contributed by atoms with Gasteiger partial charge < -0.3 is 20.6 Å². The maximum atomic E-state index is 12.4. The Balaban J connectivity index is 3.67. The Labute approximate surface area is 322 Å². The summed E-state index contributed by atoms with van der Waals surface area (Å²) in [6.07, 6.45) is 55.1. The molecule has 1 amide bonds. The Morgan fingerprint density at radius 1 is 0.500 bits per heavy atom. The Morgan fingerprint density at radius 2 is 0.904 bits per heavy atom. The van der Waals surface area contributed by atoms with Crippen molar-refractivity contribution in [1.29, 1.82) is 0 Å². The highest BCUT2D eigenvalue weighted by Crippen LogP contribution is 2.14. The van der Waals surface area contributed by atoms with Gasteiger partial charge in [0.15, 0.2) is 0 Å². The second-order valence-corrected chi connectivity index (χ2v) is 14.9. The lowest BCUT2D eigenvalue weighted by atomic mass is 10.0. The van der Waals surface area contributed by atoms with Gasteiger partial charge in [-0.05, 0) is 70.6 Å². The molecule has 0 saturated carbocycles. The van der Waals surface area contributed by atoms with Crippen LogP contribution in [-0.4, -0.2) is 46.1 Å². The molecule has 0 radical (unpaired) electrons. The van der Waals surface area contributed by atoms with Crippen molar-refractivity contribution < 1.29 is 20.1 Å². The van der Waals surface area contributed by atoms with Crippen molar-refractivity contribution in [2.45, 2.75) is 225 Å². The summed E-state index contributed by atoms with van der Waals surface area (Å²) in [4.78, 5) is 12.4. The lowest BCUT2D eigenvalue weighted by Gasteiger charge is -2.21. The van der Waals surface area contributed by atoms with E-state index >= 15 is 0 Å². The topological polar surface area (TPSA) is 89.8 Å². The van der Waals surface area contributed by atoms with E-state index < -0.39 is 18.2 Å². The van der Waals surface area contributed by atoms with Gasteiger partial charge in [-0.25, -0.2) is 0 Å². The van der Waals surface area contributed by atoms with Gasteiger partial charge in [0.1, 0.15) is 0 Å². The van der Waals surface area contributed by atoms with Crippen LogP contribution in [0.1, 0.15) is 206 Å². The van der Waals surface area contributed by atoms with Crippen LogP contribution < -0.4 is 5.32 Å². The quantitative estimate of drug-likeness (QED) is 0.0375. The molecule has 0 aromatic heterocycles. The van der Waals surface area contributed by atoms with Crippen molar-refractivity contribution >= 4 is 5.91 Å². The number of amides is 1. The molecule has 302 valence electrons. The van der Waals surface area contributed by atoms with Crippen molar-refractivity contribution in [2.75, 3.05) is 6.61 Å². The van der Waals surface area contributed by atoms with E-state index in [1.54, 1.807) is 6.08 Å². The average molecular weight is 728 g/mol. The molecule has 52 heavy (non-hydrogen) atoms. The second kappa shape index (κ2) is 41.8. The minimum atomic E-state index is -0.961. The number of nitrogens with one attached hydrogen (secondary N) is 1. The van der Waals surface area contributed by atoms with Gasteiger partial charge in [0, 0.05) is 0 Å². The zero-order valence-electron chi connectivity index (χ0n) is 34.2. The highest BCUT2D eigenvalue weighted by Gasteiger charge is 2.20. The Kier molecular flexibility index (Phi) is 40.2. The first-order valence-corrected chi connectivity index (χ1v) is 22.1. The predicted octanol–water partition coefficient (Wildman–Crippen LogP) is 12.7. The van der Waals surface area contributed by atoms with Crippen LogP contribution >= 0.6 is 0 Å². The van der Waals surface area contributed by atoms with Crippen LogP contribution in [0.15, 0.2) is 60.8 Å². The van der Waals surface area contributed by atoms with Crippen molar-refractivity contribution in [3.63, 3.8) is 0 Å². The van der Waals surface area contributed by atoms with Crippen LogP contribution in [0.3, 0.4) is 0 Å². The molecule has 0 fully saturated rings. The number of allylic oxidation sites excluding steroid dienone is 9. The zero-order valence-corrected chi connectivity index (χ0v) is 34.2. The maximum Gasteiger partial charge on any atom is 0.222 e. The number of carbonyl (C=O) groups is 1. The summed E-state index contributed by atoms with van der Waals surface area (Å²) >= 11 is 0. The number of rotatable bonds is 39. The van der Waals surface area contributed by atoms with Crippen LogP contribution in [0.2, 0.25) is 0 Å². The van der Waals surface area contributed by atoms with Crippen LogP contribution in [-0.2, 0) is 4.79 Å². The number of hydrogen-bond donors (Lipinski definition) is 4. The van der Waals surface area contributed by atoms with Gasteiger partial charge in [0.2, 0.25) is 5.91 Å². The molecular weight excluding hydrogens is 643 g/mol. The molecule has 0 aromatic carbocycles. The Hall–Kier alpha value is -1.95. The van der Waals surface area contributed by atoms with E-state index in [0.29, 0.717) is 6.42 Å². The largest absolute Gasteiger partial charge is 0.394 e. The summed E-state index contributed by atoms with van der Waals surface area (Å²) in [5.41, 5.74) is 0. The minimum absolute atomic E-state index is 0.00316. The normalized spacial score (nSPS) is 14.2. The Bertz CT molecular complexity index is 892. The van der Waals surface area contributed by atoms with Crippen LogP contribution in [0.5, 0.6) is 0 Å². The highest BCUT2D eigenvalue weighted by molar-refractivity contribution is 5.76. The van der Waals surface area contributed by atoms with E-state index in [2.05, 4.69) is 67.8 Å². The van der Waals surface area contributed by atoms with Gasteiger partial charge in [0.05, 0.1) is 31.3 Å². The molecule has 0 aliphatic carbocycles. The van der Waals surface area contributed by atoms with E-state index in [1.807, 2.05) is 6.08 Å². The molecular formula is C47H85NO4. The minimum Gasteiger partial charge on any atom is -0.394 e. The van der Waals surface area contributed by atoms with Crippen molar-refractivity contribution in [3.8, 4) is 0 Å². The monoisotopic (exact) mass is 728 g/mol. The first kappa shape index (κ1) is 50.1. The lowest BCUT2D eigenvalue weighted by molar-refractivity contribution is -0.124. The van der Waals surface area contributed by atoms with Crippen molar-refractivity contribution in [3.05, 3.63) is 60.8 Å². The lowest BCUT2D eigenvalue weighted by Crippen LogP contribution is -2.45. The van der Waals surface area contributed by atoms with Gasteiger partial charge in [-0.1, -0.05) is 190 Å². The number of unbranched alkanes of at least 4 members (excludes halogenated alkanes) is 22. The standard InChI is InChI=1S/C47H85NO4/c1-3-5-7-9-11-13-15-17-18-19-20-21-22-23-24-25-26-27-28-29-30-32-34-36-38-40-44(50)42-47(52)48-45(43-49)46(51)41-39-37-35-33-31-16-14-12-10-8-6-4-2/h10,12,20-21,23-24,31,33,39,41,44-46,49-51H,3-9,11,13-19,22,25-30,32,34-38,40,42-43H2,1-2H3,(H,48,52)/b12-10+,21-20-,24-23-,33-31+,41-39+. The SMILES string of the molecule is CCCC/C=C/CC/C=C/CC/C=C/C(O)C(CO)NC(=O)CC(O)CCCCCCCCCCC/C=C\C/C=C\CCCCCCCCCCC. The number of carbonyl (C=O) groups excluding carboxylic acids is 1. The molecule has 0 aliphatic rings. The molecule has 0 spiro atoms. The molecule has 0 rings (SSSR count). The summed E-state index contributed by atoms with van der Waals surface area (Å²) in [6.45, 7) is 4.14. The summed E-state index contributed by atoms with van der Waals surface area (Å²) in [5, 5.41) is 33.1. The molecule has 3 unspecified atom stereocenters. The van der Waals surface area contributed by atoms with Crippen molar-refractivity contribution in [2.24, 2.45) is 0 Å².